The van der Waals surface area contributed by atoms with E-state index in [0.29, 0.717) is 47.6 Å². The molecule has 2 heterocycles. The number of halogens is 1. The van der Waals surface area contributed by atoms with Gasteiger partial charge in [0.1, 0.15) is 5.75 Å². The topological polar surface area (TPSA) is 81.9 Å². The van der Waals surface area contributed by atoms with Crippen molar-refractivity contribution in [2.24, 2.45) is 0 Å². The Labute approximate surface area is 180 Å². The van der Waals surface area contributed by atoms with Crippen molar-refractivity contribution in [3.63, 3.8) is 0 Å². The Balaban J connectivity index is 1.41. The van der Waals surface area contributed by atoms with E-state index in [9.17, 15) is 4.79 Å². The summed E-state index contributed by atoms with van der Waals surface area (Å²) in [7, 11) is 1.55. The number of aromatic nitrogens is 4. The van der Waals surface area contributed by atoms with Crippen molar-refractivity contribution in [2.45, 2.75) is 45.1 Å². The van der Waals surface area contributed by atoms with Gasteiger partial charge in [0.15, 0.2) is 5.78 Å². The predicted molar refractivity (Wildman–Crippen MR) is 116 cm³/mol. The van der Waals surface area contributed by atoms with Crippen LogP contribution in [0.25, 0.3) is 0 Å². The van der Waals surface area contributed by atoms with Gasteiger partial charge in [-0.2, -0.15) is 5.10 Å². The van der Waals surface area contributed by atoms with Gasteiger partial charge in [0.25, 0.3) is 0 Å². The maximum atomic E-state index is 12.1. The fraction of sp³-hybridized carbons (Fsp3) is 0.364. The van der Waals surface area contributed by atoms with Crippen LogP contribution in [0.4, 0.5) is 11.6 Å². The molecule has 3 aromatic rings. The van der Waals surface area contributed by atoms with Gasteiger partial charge < -0.3 is 10.1 Å². The lowest BCUT2D eigenvalue weighted by atomic mass is 10.0. The molecule has 0 bridgehead atoms. The molecule has 2 aromatic heterocycles. The summed E-state index contributed by atoms with van der Waals surface area (Å²) in [5, 5.41) is 8.07. The van der Waals surface area contributed by atoms with Gasteiger partial charge in [-0.1, -0.05) is 18.5 Å². The lowest BCUT2D eigenvalue weighted by molar-refractivity contribution is 0.0987. The van der Waals surface area contributed by atoms with Gasteiger partial charge >= 0.3 is 0 Å². The molecule has 0 atom stereocenters. The van der Waals surface area contributed by atoms with E-state index >= 15 is 0 Å². The monoisotopic (exact) mass is 425 g/mol. The molecule has 0 radical (unpaired) electrons. The second kappa shape index (κ2) is 8.83. The van der Waals surface area contributed by atoms with Crippen molar-refractivity contribution in [1.82, 2.24) is 19.7 Å². The minimum atomic E-state index is 0.0648. The number of hydrogen-bond donors (Lipinski definition) is 1. The smallest absolute Gasteiger partial charge is 0.227 e. The number of ether oxygens (including phenoxy) is 1. The SMILES string of the molecule is CCC(=O)c1cc(CCc2cnc(Nc3cnn(C4CC4)c3)nc2)c(Cl)c(OC)c1. The van der Waals surface area contributed by atoms with Crippen LogP contribution in [0.3, 0.4) is 0 Å². The normalized spacial score (nSPS) is 13.3. The molecule has 1 saturated carbocycles. The van der Waals surface area contributed by atoms with Crippen LogP contribution in [0, 0.1) is 0 Å². The van der Waals surface area contributed by atoms with Gasteiger partial charge in [0, 0.05) is 30.6 Å². The Morgan fingerprint density at radius 1 is 1.23 bits per heavy atom. The largest absolute Gasteiger partial charge is 0.495 e. The summed E-state index contributed by atoms with van der Waals surface area (Å²) in [5.41, 5.74) is 3.36. The zero-order chi connectivity index (χ0) is 21.1. The number of nitrogens with zero attached hydrogens (tertiary/aromatic N) is 4. The van der Waals surface area contributed by atoms with Gasteiger partial charge in [0.05, 0.1) is 30.1 Å². The third-order valence-corrected chi connectivity index (χ3v) is 5.57. The standard InChI is InChI=1S/C22H24ClN5O2/c1-3-19(29)16-8-15(21(23)20(9-16)30-2)5-4-14-10-24-22(25-11-14)27-17-12-26-28(13-17)18-6-7-18/h8-13,18H,3-7H2,1-2H3,(H,24,25,27). The summed E-state index contributed by atoms with van der Waals surface area (Å²) in [6, 6.07) is 4.10. The van der Waals surface area contributed by atoms with E-state index in [1.165, 1.54) is 12.8 Å². The number of methoxy groups -OCH3 is 1. The minimum absolute atomic E-state index is 0.0648. The van der Waals surface area contributed by atoms with E-state index in [2.05, 4.69) is 20.4 Å². The van der Waals surface area contributed by atoms with Crippen molar-refractivity contribution in [2.75, 3.05) is 12.4 Å². The first-order valence-corrected chi connectivity index (χ1v) is 10.5. The number of Topliss-reactive ketones (excluding diaryl/α,β-unsaturated/α-hetero) is 1. The van der Waals surface area contributed by atoms with Gasteiger partial charge in [-0.25, -0.2) is 9.97 Å². The molecule has 0 saturated heterocycles. The van der Waals surface area contributed by atoms with Crippen LogP contribution in [-0.2, 0) is 12.8 Å². The summed E-state index contributed by atoms with van der Waals surface area (Å²) < 4.78 is 7.32. The van der Waals surface area contributed by atoms with Crippen LogP contribution in [0.15, 0.2) is 36.9 Å². The van der Waals surface area contributed by atoms with E-state index in [4.69, 9.17) is 16.3 Å². The molecule has 0 aliphatic heterocycles. The van der Waals surface area contributed by atoms with Crippen LogP contribution >= 0.6 is 11.6 Å². The molecule has 1 aliphatic carbocycles. The molecule has 30 heavy (non-hydrogen) atoms. The fourth-order valence-electron chi connectivity index (χ4n) is 3.25. The molecule has 7 nitrogen and oxygen atoms in total. The van der Waals surface area contributed by atoms with Crippen LogP contribution < -0.4 is 10.1 Å². The number of carbonyl (C=O) groups is 1. The lowest BCUT2D eigenvalue weighted by Gasteiger charge is -2.12. The third-order valence-electron chi connectivity index (χ3n) is 5.14. The molecule has 1 N–H and O–H groups in total. The highest BCUT2D eigenvalue weighted by molar-refractivity contribution is 6.33. The van der Waals surface area contributed by atoms with Crippen molar-refractivity contribution in [3.8, 4) is 5.75 Å². The molecular weight excluding hydrogens is 402 g/mol. The van der Waals surface area contributed by atoms with Crippen molar-refractivity contribution in [1.29, 1.82) is 0 Å². The molecule has 8 heteroatoms. The Bertz CT molecular complexity index is 1040. The van der Waals surface area contributed by atoms with Crippen LogP contribution in [0.1, 0.15) is 53.7 Å². The number of hydrogen-bond acceptors (Lipinski definition) is 6. The highest BCUT2D eigenvalue weighted by atomic mass is 35.5. The van der Waals surface area contributed by atoms with E-state index in [-0.39, 0.29) is 5.78 Å². The molecule has 0 unspecified atom stereocenters. The first kappa shape index (κ1) is 20.3. The second-order valence-electron chi connectivity index (χ2n) is 7.41. The first-order chi connectivity index (χ1) is 14.6. The lowest BCUT2D eigenvalue weighted by Crippen LogP contribution is -2.03. The predicted octanol–water partition coefficient (Wildman–Crippen LogP) is 4.79. The molecule has 156 valence electrons. The van der Waals surface area contributed by atoms with Crippen molar-refractivity contribution >= 4 is 29.0 Å². The maximum absolute atomic E-state index is 12.1. The summed E-state index contributed by atoms with van der Waals surface area (Å²) in [5.74, 6) is 1.12. The Morgan fingerprint density at radius 2 is 2.00 bits per heavy atom. The number of benzene rings is 1. The number of anilines is 2. The van der Waals surface area contributed by atoms with Crippen LogP contribution in [0.5, 0.6) is 5.75 Å². The molecule has 4 rings (SSSR count). The van der Waals surface area contributed by atoms with E-state index in [1.807, 2.05) is 23.9 Å². The van der Waals surface area contributed by atoms with Gasteiger partial charge in [0.2, 0.25) is 5.95 Å². The van der Waals surface area contributed by atoms with Gasteiger partial charge in [-0.3, -0.25) is 9.48 Å². The maximum Gasteiger partial charge on any atom is 0.227 e. The van der Waals surface area contributed by atoms with E-state index < -0.39 is 0 Å². The molecule has 1 aliphatic rings. The molecule has 0 spiro atoms. The molecule has 1 aromatic carbocycles. The summed E-state index contributed by atoms with van der Waals surface area (Å²) in [4.78, 5) is 20.9. The Morgan fingerprint density at radius 3 is 2.67 bits per heavy atom. The van der Waals surface area contributed by atoms with Crippen LogP contribution in [0.2, 0.25) is 5.02 Å². The van der Waals surface area contributed by atoms with Gasteiger partial charge in [-0.15, -0.1) is 0 Å². The number of rotatable bonds is 9. The highest BCUT2D eigenvalue weighted by Crippen LogP contribution is 2.35. The molecular formula is C22H24ClN5O2. The Hall–Kier alpha value is -2.93. The average Bonchev–Trinajstić information content (AvgIpc) is 3.52. The number of ketones is 1. The van der Waals surface area contributed by atoms with Crippen molar-refractivity contribution < 1.29 is 9.53 Å². The number of carbonyl (C=O) groups excluding carboxylic acids is 1. The Kier molecular flexibility index (Phi) is 5.99. The molecule has 1 fully saturated rings. The minimum Gasteiger partial charge on any atom is -0.495 e. The fourth-order valence-corrected chi connectivity index (χ4v) is 3.53. The number of aryl methyl sites for hydroxylation is 2. The zero-order valence-electron chi connectivity index (χ0n) is 17.1. The zero-order valence-corrected chi connectivity index (χ0v) is 17.8. The third kappa shape index (κ3) is 4.62. The van der Waals surface area contributed by atoms with Crippen molar-refractivity contribution in [3.05, 3.63) is 58.6 Å². The average molecular weight is 426 g/mol. The van der Waals surface area contributed by atoms with Gasteiger partial charge in [-0.05, 0) is 48.9 Å². The summed E-state index contributed by atoms with van der Waals surface area (Å²) >= 11 is 6.45. The second-order valence-corrected chi connectivity index (χ2v) is 7.79. The van der Waals surface area contributed by atoms with E-state index in [1.54, 1.807) is 31.8 Å². The number of nitrogens with one attached hydrogen (secondary N) is 1. The molecule has 0 amide bonds. The van der Waals surface area contributed by atoms with E-state index in [0.717, 1.165) is 16.8 Å². The van der Waals surface area contributed by atoms with Crippen LogP contribution in [-0.4, -0.2) is 32.6 Å². The first-order valence-electron chi connectivity index (χ1n) is 10.1. The highest BCUT2D eigenvalue weighted by Gasteiger charge is 2.24. The summed E-state index contributed by atoms with van der Waals surface area (Å²) in [6.07, 6.45) is 11.5. The summed E-state index contributed by atoms with van der Waals surface area (Å²) in [6.45, 7) is 1.84. The quantitative estimate of drug-likeness (QED) is 0.496.